The third-order valence-corrected chi connectivity index (χ3v) is 14.0. The summed E-state index contributed by atoms with van der Waals surface area (Å²) in [7, 11) is 2.06. The van der Waals surface area contributed by atoms with Crippen molar-refractivity contribution < 1.29 is 25.8 Å². The van der Waals surface area contributed by atoms with E-state index in [2.05, 4.69) is 238 Å². The van der Waals surface area contributed by atoms with Crippen LogP contribution in [-0.4, -0.2) is 25.7 Å². The fraction of sp³-hybridized carbons (Fsp3) is 0.0492. The van der Waals surface area contributed by atoms with Crippen LogP contribution in [0, 0.1) is 25.7 Å². The van der Waals surface area contributed by atoms with Gasteiger partial charge < -0.3 is 28.2 Å². The minimum atomic E-state index is -0.154. The van der Waals surface area contributed by atoms with Crippen molar-refractivity contribution in [2.24, 2.45) is 0 Å². The maximum atomic E-state index is 6.60. The van der Waals surface area contributed by atoms with Crippen LogP contribution < -0.4 is 14.5 Å². The number of allylic oxidation sites excluding steroid dienone is 4. The topological polar surface area (TPSA) is 43.4 Å². The Bertz CT molecular complexity index is 3880. The summed E-state index contributed by atoms with van der Waals surface area (Å²) in [6.45, 7) is 4.31. The van der Waals surface area contributed by atoms with Gasteiger partial charge in [-0.25, -0.2) is 4.98 Å². The number of ether oxygens (including phenoxy) is 1. The monoisotopic (exact) mass is 1070 g/mol. The molecule has 7 nitrogen and oxygen atoms in total. The molecule has 0 unspecified atom stereocenters. The number of anilines is 3. The van der Waals surface area contributed by atoms with E-state index in [1.54, 1.807) is 0 Å². The molecule has 1 aliphatic carbocycles. The average Bonchev–Trinajstić information content (AvgIpc) is 4.19. The molecule has 8 aromatic carbocycles. The van der Waals surface area contributed by atoms with Crippen LogP contribution in [0.5, 0.6) is 11.5 Å². The number of fused-ring (bicyclic) bond motifs is 10. The molecule has 0 bridgehead atoms. The molecule has 14 rings (SSSR count). The van der Waals surface area contributed by atoms with Gasteiger partial charge in [0.05, 0.1) is 28.0 Å². The van der Waals surface area contributed by atoms with Crippen LogP contribution in [0.25, 0.3) is 82.6 Å². The van der Waals surface area contributed by atoms with Crippen molar-refractivity contribution in [3.63, 3.8) is 0 Å². The largest absolute Gasteiger partial charge is 0.509 e. The fourth-order valence-electron chi connectivity index (χ4n) is 11.0. The Balaban J connectivity index is 0.00000469. The van der Waals surface area contributed by atoms with Gasteiger partial charge >= 0.3 is 0 Å². The second kappa shape index (κ2) is 16.0. The maximum absolute atomic E-state index is 6.60. The van der Waals surface area contributed by atoms with Gasteiger partial charge in [0, 0.05) is 88.6 Å². The minimum absolute atomic E-state index is 0. The van der Waals surface area contributed by atoms with Crippen LogP contribution in [0.2, 0.25) is 0 Å². The number of aromatic nitrogens is 4. The number of hydrogen-bond acceptors (Lipinski definition) is 4. The molecule has 0 radical (unpaired) electrons. The molecule has 4 aromatic heterocycles. The van der Waals surface area contributed by atoms with E-state index in [9.17, 15) is 0 Å². The molecule has 0 fully saturated rings. The molecule has 334 valence electrons. The fourth-order valence-corrected chi connectivity index (χ4v) is 11.0. The molecule has 8 heteroatoms. The summed E-state index contributed by atoms with van der Waals surface area (Å²) in [6.07, 6.45) is 6.76. The Morgan fingerprint density at radius 1 is 0.507 bits per heavy atom. The van der Waals surface area contributed by atoms with Gasteiger partial charge in [0.25, 0.3) is 0 Å². The van der Waals surface area contributed by atoms with Crippen LogP contribution in [0.15, 0.2) is 200 Å². The van der Waals surface area contributed by atoms with Gasteiger partial charge in [0.1, 0.15) is 5.82 Å². The molecule has 0 saturated carbocycles. The van der Waals surface area contributed by atoms with Crippen LogP contribution in [-0.2, 0) is 21.1 Å². The zero-order valence-corrected chi connectivity index (χ0v) is 39.9. The third-order valence-electron chi connectivity index (χ3n) is 14.0. The number of rotatable bonds is 7. The van der Waals surface area contributed by atoms with Crippen LogP contribution in [0.4, 0.5) is 17.1 Å². The SMILES string of the molecule is Cc1cc(-n2c3[c-]c(Oc4[c-]c(N5[CH-]N(C)c6ccccc65)ccc4)ccc3c3ccccc32)ncc1C1C(n2c3ccccc3c3ccccc32)=CC=C1n1c2ccccc2c2ccccc21.[Pt]. The molecule has 0 N–H and O–H groups in total. The smallest absolute Gasteiger partial charge is 0.135 e. The van der Waals surface area contributed by atoms with E-state index in [-0.39, 0.29) is 27.0 Å². The molecule has 2 aliphatic rings. The molecule has 12 aromatic rings. The number of aryl methyl sites for hydroxylation is 1. The summed E-state index contributed by atoms with van der Waals surface area (Å²) in [5.41, 5.74) is 14.4. The van der Waals surface area contributed by atoms with Crippen molar-refractivity contribution >= 4 is 93.9 Å². The first-order valence-electron chi connectivity index (χ1n) is 23.0. The van der Waals surface area contributed by atoms with Crippen molar-refractivity contribution in [2.75, 3.05) is 16.8 Å². The Kier molecular flexibility index (Phi) is 9.53. The first-order valence-corrected chi connectivity index (χ1v) is 23.0. The minimum Gasteiger partial charge on any atom is -0.509 e. The van der Waals surface area contributed by atoms with E-state index >= 15 is 0 Å². The zero-order chi connectivity index (χ0) is 45.0. The first-order chi connectivity index (χ1) is 33.6. The Hall–Kier alpha value is -8.12. The van der Waals surface area contributed by atoms with Crippen molar-refractivity contribution in [1.29, 1.82) is 0 Å². The molecule has 1 aliphatic heterocycles. The van der Waals surface area contributed by atoms with Gasteiger partial charge in [-0.15, -0.1) is 41.4 Å². The number of para-hydroxylation sites is 7. The van der Waals surface area contributed by atoms with Crippen molar-refractivity contribution in [1.82, 2.24) is 18.7 Å². The van der Waals surface area contributed by atoms with Crippen LogP contribution in [0.3, 0.4) is 0 Å². The Morgan fingerprint density at radius 3 is 1.57 bits per heavy atom. The number of benzene rings is 8. The van der Waals surface area contributed by atoms with Crippen molar-refractivity contribution in [2.45, 2.75) is 12.8 Å². The maximum Gasteiger partial charge on any atom is 0.135 e. The van der Waals surface area contributed by atoms with E-state index < -0.39 is 0 Å². The number of pyridine rings is 1. The van der Waals surface area contributed by atoms with Crippen molar-refractivity contribution in [3.8, 4) is 17.3 Å². The first kappa shape index (κ1) is 41.1. The summed E-state index contributed by atoms with van der Waals surface area (Å²) in [6, 6.07) is 71.5. The second-order valence-corrected chi connectivity index (χ2v) is 17.8. The quantitative estimate of drug-likeness (QED) is 0.149. The summed E-state index contributed by atoms with van der Waals surface area (Å²) >= 11 is 0. The molecule has 0 saturated heterocycles. The van der Waals surface area contributed by atoms with E-state index in [4.69, 9.17) is 9.72 Å². The van der Waals surface area contributed by atoms with Gasteiger partial charge in [-0.3, -0.25) is 0 Å². The van der Waals surface area contributed by atoms with Gasteiger partial charge in [0.15, 0.2) is 0 Å². The van der Waals surface area contributed by atoms with E-state index in [0.717, 1.165) is 55.8 Å². The molecule has 5 heterocycles. The van der Waals surface area contributed by atoms with Crippen molar-refractivity contribution in [3.05, 3.63) is 230 Å². The number of nitrogens with zero attached hydrogens (tertiary/aromatic N) is 6. The molecule has 69 heavy (non-hydrogen) atoms. The Morgan fingerprint density at radius 2 is 1.00 bits per heavy atom. The predicted octanol–water partition coefficient (Wildman–Crippen LogP) is 15.0. The average molecular weight is 1070 g/mol. The van der Waals surface area contributed by atoms with Crippen LogP contribution >= 0.6 is 0 Å². The third kappa shape index (κ3) is 6.27. The summed E-state index contributed by atoms with van der Waals surface area (Å²) in [5, 5.41) is 7.14. The molecular formula is C61H41N6OPt-3. The van der Waals surface area contributed by atoms with Gasteiger partial charge in [-0.2, -0.15) is 18.8 Å². The van der Waals surface area contributed by atoms with E-state index in [1.807, 2.05) is 18.2 Å². The van der Waals surface area contributed by atoms with Gasteiger partial charge in [-0.1, -0.05) is 109 Å². The molecule has 0 amide bonds. The molecule has 0 atom stereocenters. The predicted molar refractivity (Wildman–Crippen MR) is 279 cm³/mol. The second-order valence-electron chi connectivity index (χ2n) is 17.8. The molecular weight excluding hydrogens is 1030 g/mol. The van der Waals surface area contributed by atoms with Gasteiger partial charge in [-0.05, 0) is 91.2 Å². The van der Waals surface area contributed by atoms with Crippen LogP contribution in [0.1, 0.15) is 17.0 Å². The summed E-state index contributed by atoms with van der Waals surface area (Å²) in [4.78, 5) is 9.67. The molecule has 0 spiro atoms. The zero-order valence-electron chi connectivity index (χ0n) is 37.6. The van der Waals surface area contributed by atoms with E-state index in [1.165, 1.54) is 55.0 Å². The summed E-state index contributed by atoms with van der Waals surface area (Å²) in [5.74, 6) is 1.86. The summed E-state index contributed by atoms with van der Waals surface area (Å²) < 4.78 is 13.8. The van der Waals surface area contributed by atoms with E-state index in [0.29, 0.717) is 11.5 Å². The standard InChI is InChI=1S/C61H41N6O.Pt/c1-39-34-60(67-54-27-12-7-22-47(54)48-31-30-42(36-59(48)67)68-41-17-15-16-40(35-41)64-38-63(2)55-28-13-14-29-56(55)64)62-37-49(39)61-57(65-50-23-8-3-18-43(50)44-19-4-9-24-51(44)65)32-33-58(61)66-52-25-10-5-20-45(52)46-21-6-11-26-53(46)66;/h3-34,37-38,61H,1-2H3;/q-3;. The Labute approximate surface area is 413 Å². The normalized spacial score (nSPS) is 13.8. The van der Waals surface area contributed by atoms with Gasteiger partial charge in [0.2, 0.25) is 0 Å². The number of hydrogen-bond donors (Lipinski definition) is 0.